The zero-order valence-electron chi connectivity index (χ0n) is 23.1. The smallest absolute Gasteiger partial charge is 0.155 e. The van der Waals surface area contributed by atoms with Gasteiger partial charge < -0.3 is 18.9 Å². The van der Waals surface area contributed by atoms with Crippen LogP contribution < -0.4 is 0 Å². The van der Waals surface area contributed by atoms with Crippen molar-refractivity contribution < 1.29 is 18.9 Å². The summed E-state index contributed by atoms with van der Waals surface area (Å²) in [6.07, 6.45) is 18.4. The molecule has 200 valence electrons. The number of hydrogen-bond donors (Lipinski definition) is 0. The maximum Gasteiger partial charge on any atom is 0.155 e. The predicted molar refractivity (Wildman–Crippen MR) is 140 cm³/mol. The van der Waals surface area contributed by atoms with E-state index in [2.05, 4.69) is 34.6 Å². The molecule has 0 spiro atoms. The summed E-state index contributed by atoms with van der Waals surface area (Å²) in [6, 6.07) is 0. The average Bonchev–Trinajstić information content (AvgIpc) is 3.13. The van der Waals surface area contributed by atoms with E-state index in [1.807, 2.05) is 0 Å². The summed E-state index contributed by atoms with van der Waals surface area (Å²) in [7, 11) is 0. The highest BCUT2D eigenvalue weighted by molar-refractivity contribution is 4.91. The van der Waals surface area contributed by atoms with Crippen LogP contribution in [-0.4, -0.2) is 38.0 Å². The predicted octanol–water partition coefficient (Wildman–Crippen LogP) is 8.12. The molecule has 3 aliphatic carbocycles. The molecule has 34 heavy (non-hydrogen) atoms. The minimum absolute atomic E-state index is 0.107. The maximum absolute atomic E-state index is 6.42. The fraction of sp³-hybridized carbons (Fsp3) is 1.00. The van der Waals surface area contributed by atoms with Gasteiger partial charge in [0.15, 0.2) is 12.6 Å². The van der Waals surface area contributed by atoms with Crippen molar-refractivity contribution >= 4 is 0 Å². The first-order chi connectivity index (χ1) is 16.5. The van der Waals surface area contributed by atoms with E-state index in [0.29, 0.717) is 24.0 Å². The third kappa shape index (κ3) is 9.37. The molecule has 0 N–H and O–H groups in total. The van der Waals surface area contributed by atoms with Crippen molar-refractivity contribution in [2.45, 2.75) is 149 Å². The van der Waals surface area contributed by atoms with Gasteiger partial charge in [0.05, 0.1) is 25.4 Å². The third-order valence-electron chi connectivity index (χ3n) is 8.72. The summed E-state index contributed by atoms with van der Waals surface area (Å²) >= 11 is 0. The Hall–Kier alpha value is -0.160. The molecule has 0 bridgehead atoms. The Kier molecular flexibility index (Phi) is 12.7. The van der Waals surface area contributed by atoms with E-state index in [4.69, 9.17) is 18.9 Å². The van der Waals surface area contributed by atoms with Gasteiger partial charge in [0.2, 0.25) is 0 Å². The molecular weight excluding hydrogens is 424 g/mol. The summed E-state index contributed by atoms with van der Waals surface area (Å²) in [6.45, 7) is 12.9. The Morgan fingerprint density at radius 1 is 0.647 bits per heavy atom. The molecule has 3 aliphatic rings. The molecule has 6 atom stereocenters. The molecule has 6 unspecified atom stereocenters. The largest absolute Gasteiger partial charge is 0.353 e. The first-order valence-corrected chi connectivity index (χ1v) is 15.0. The van der Waals surface area contributed by atoms with E-state index >= 15 is 0 Å². The van der Waals surface area contributed by atoms with Crippen molar-refractivity contribution in [3.8, 4) is 0 Å². The molecule has 0 aliphatic heterocycles. The maximum atomic E-state index is 6.42. The third-order valence-corrected chi connectivity index (χ3v) is 8.72. The van der Waals surface area contributed by atoms with Gasteiger partial charge in [0.25, 0.3) is 0 Å². The number of rotatable bonds is 14. The van der Waals surface area contributed by atoms with Gasteiger partial charge in [-0.3, -0.25) is 0 Å². The van der Waals surface area contributed by atoms with E-state index in [9.17, 15) is 0 Å². The number of hydrogen-bond acceptors (Lipinski definition) is 4. The van der Waals surface area contributed by atoms with E-state index in [1.165, 1.54) is 89.9 Å². The van der Waals surface area contributed by atoms with Crippen LogP contribution in [0.4, 0.5) is 0 Å². The Bertz CT molecular complexity index is 526. The molecule has 3 saturated carbocycles. The molecule has 4 nitrogen and oxygen atoms in total. The SMILES string of the molecule is CCCC1CC(CC(C)C)C(COC(C)OC2CCCCC2)C1COC(C)OC1CCCCC1. The lowest BCUT2D eigenvalue weighted by Gasteiger charge is -2.32. The summed E-state index contributed by atoms with van der Waals surface area (Å²) in [5.41, 5.74) is 0. The zero-order chi connectivity index (χ0) is 24.3. The molecule has 4 heteroatoms. The van der Waals surface area contributed by atoms with Crippen molar-refractivity contribution in [3.63, 3.8) is 0 Å². The van der Waals surface area contributed by atoms with Crippen LogP contribution in [0, 0.1) is 29.6 Å². The van der Waals surface area contributed by atoms with Crippen molar-refractivity contribution in [1.82, 2.24) is 0 Å². The van der Waals surface area contributed by atoms with Gasteiger partial charge in [-0.15, -0.1) is 0 Å². The monoisotopic (exact) mass is 480 g/mol. The van der Waals surface area contributed by atoms with Gasteiger partial charge in [-0.25, -0.2) is 0 Å². The van der Waals surface area contributed by atoms with Crippen molar-refractivity contribution in [2.24, 2.45) is 29.6 Å². The molecule has 3 fully saturated rings. The van der Waals surface area contributed by atoms with E-state index in [-0.39, 0.29) is 12.6 Å². The van der Waals surface area contributed by atoms with Gasteiger partial charge in [-0.05, 0) is 82.0 Å². The highest BCUT2D eigenvalue weighted by Crippen LogP contribution is 2.47. The second kappa shape index (κ2) is 15.2. The average molecular weight is 481 g/mol. The van der Waals surface area contributed by atoms with Crippen molar-refractivity contribution in [1.29, 1.82) is 0 Å². The normalized spacial score (nSPS) is 31.2. The molecule has 0 aromatic heterocycles. The topological polar surface area (TPSA) is 36.9 Å². The standard InChI is InChI=1S/C30H56O4/c1-6-13-25-19-26(18-22(2)3)30(21-32-24(5)34-28-16-11-8-12-17-28)29(25)20-31-23(4)33-27-14-9-7-10-15-27/h22-30H,6-21H2,1-5H3. The lowest BCUT2D eigenvalue weighted by atomic mass is 9.84. The van der Waals surface area contributed by atoms with Crippen LogP contribution in [0.25, 0.3) is 0 Å². The second-order valence-corrected chi connectivity index (χ2v) is 12.1. The van der Waals surface area contributed by atoms with Crippen molar-refractivity contribution in [3.05, 3.63) is 0 Å². The van der Waals surface area contributed by atoms with Crippen LogP contribution in [0.5, 0.6) is 0 Å². The highest BCUT2D eigenvalue weighted by atomic mass is 16.7. The Morgan fingerprint density at radius 3 is 1.56 bits per heavy atom. The van der Waals surface area contributed by atoms with E-state index in [1.54, 1.807) is 0 Å². The summed E-state index contributed by atoms with van der Waals surface area (Å²) in [5, 5.41) is 0. The molecule has 0 heterocycles. The minimum Gasteiger partial charge on any atom is -0.353 e. The number of ether oxygens (including phenoxy) is 4. The van der Waals surface area contributed by atoms with Crippen LogP contribution >= 0.6 is 0 Å². The van der Waals surface area contributed by atoms with Gasteiger partial charge in [-0.1, -0.05) is 72.1 Å². The quantitative estimate of drug-likeness (QED) is 0.235. The fourth-order valence-corrected chi connectivity index (χ4v) is 7.05. The highest BCUT2D eigenvalue weighted by Gasteiger charge is 2.43. The molecule has 0 amide bonds. The van der Waals surface area contributed by atoms with Crippen molar-refractivity contribution in [2.75, 3.05) is 13.2 Å². The van der Waals surface area contributed by atoms with Crippen LogP contribution in [0.2, 0.25) is 0 Å². The molecule has 0 aromatic rings. The second-order valence-electron chi connectivity index (χ2n) is 12.1. The Balaban J connectivity index is 1.56. The van der Waals surface area contributed by atoms with Crippen LogP contribution in [0.3, 0.4) is 0 Å². The lowest BCUT2D eigenvalue weighted by Crippen LogP contribution is -2.33. The fourth-order valence-electron chi connectivity index (χ4n) is 7.05. The van der Waals surface area contributed by atoms with E-state index < -0.39 is 0 Å². The molecule has 3 rings (SSSR count). The van der Waals surface area contributed by atoms with Crippen LogP contribution in [0.15, 0.2) is 0 Å². The lowest BCUT2D eigenvalue weighted by molar-refractivity contribution is -0.189. The summed E-state index contributed by atoms with van der Waals surface area (Å²) < 4.78 is 25.4. The van der Waals surface area contributed by atoms with Gasteiger partial charge in [-0.2, -0.15) is 0 Å². The van der Waals surface area contributed by atoms with Gasteiger partial charge in [0.1, 0.15) is 0 Å². The van der Waals surface area contributed by atoms with Gasteiger partial charge >= 0.3 is 0 Å². The molecule has 0 saturated heterocycles. The first-order valence-electron chi connectivity index (χ1n) is 15.0. The summed E-state index contributed by atoms with van der Waals surface area (Å²) in [4.78, 5) is 0. The first kappa shape index (κ1) is 28.4. The molecular formula is C30H56O4. The Labute approximate surface area is 211 Å². The van der Waals surface area contributed by atoms with Crippen LogP contribution in [-0.2, 0) is 18.9 Å². The molecule has 0 radical (unpaired) electrons. The van der Waals surface area contributed by atoms with E-state index in [0.717, 1.165) is 31.0 Å². The zero-order valence-corrected chi connectivity index (χ0v) is 23.1. The van der Waals surface area contributed by atoms with Crippen LogP contribution in [0.1, 0.15) is 125 Å². The molecule has 0 aromatic carbocycles. The summed E-state index contributed by atoms with van der Waals surface area (Å²) in [5.74, 6) is 3.29. The Morgan fingerprint density at radius 2 is 1.12 bits per heavy atom. The van der Waals surface area contributed by atoms with Gasteiger partial charge in [0, 0.05) is 0 Å². The minimum atomic E-state index is -0.108.